The number of rotatable bonds is 5. The van der Waals surface area contributed by atoms with Gasteiger partial charge in [-0.1, -0.05) is 15.9 Å². The van der Waals surface area contributed by atoms with E-state index in [9.17, 15) is 0 Å². The van der Waals surface area contributed by atoms with Gasteiger partial charge in [0, 0.05) is 33.0 Å². The SMILES string of the molecule is COc1ccc(Br)c(CC(NN)C2CSCCS2)c1. The van der Waals surface area contributed by atoms with E-state index < -0.39 is 0 Å². The van der Waals surface area contributed by atoms with Crippen LogP contribution < -0.4 is 16.0 Å². The second kappa shape index (κ2) is 7.78. The predicted molar refractivity (Wildman–Crippen MR) is 89.1 cm³/mol. The standard InChI is InChI=1S/C13H19BrN2OS2/c1-17-10-2-3-11(14)9(6-10)7-12(16-15)13-8-18-4-5-19-13/h2-3,6,12-13,16H,4-5,7-8,15H2,1H3. The van der Waals surface area contributed by atoms with Crippen molar-refractivity contribution >= 4 is 39.5 Å². The van der Waals surface area contributed by atoms with E-state index in [0.29, 0.717) is 11.3 Å². The summed E-state index contributed by atoms with van der Waals surface area (Å²) in [5.41, 5.74) is 4.22. The molecule has 3 N–H and O–H groups in total. The number of benzene rings is 1. The van der Waals surface area contributed by atoms with E-state index in [1.54, 1.807) is 7.11 Å². The predicted octanol–water partition coefficient (Wildman–Crippen LogP) is 2.68. The zero-order valence-corrected chi connectivity index (χ0v) is 14.1. The van der Waals surface area contributed by atoms with Gasteiger partial charge in [-0.15, -0.1) is 0 Å². The van der Waals surface area contributed by atoms with E-state index in [-0.39, 0.29) is 0 Å². The minimum atomic E-state index is 0.293. The third-order valence-electron chi connectivity index (χ3n) is 3.20. The Morgan fingerprint density at radius 3 is 3.00 bits per heavy atom. The lowest BCUT2D eigenvalue weighted by Crippen LogP contribution is -2.46. The van der Waals surface area contributed by atoms with Crippen LogP contribution in [0.4, 0.5) is 0 Å². The maximum absolute atomic E-state index is 5.75. The molecule has 2 atom stereocenters. The van der Waals surface area contributed by atoms with Crippen LogP contribution in [0.5, 0.6) is 5.75 Å². The molecule has 6 heteroatoms. The first-order chi connectivity index (χ1) is 9.24. The van der Waals surface area contributed by atoms with Gasteiger partial charge in [0.05, 0.1) is 7.11 Å². The largest absolute Gasteiger partial charge is 0.497 e. The fourth-order valence-electron chi connectivity index (χ4n) is 2.11. The van der Waals surface area contributed by atoms with Crippen molar-refractivity contribution in [3.8, 4) is 5.75 Å². The van der Waals surface area contributed by atoms with E-state index in [4.69, 9.17) is 10.6 Å². The lowest BCUT2D eigenvalue weighted by Gasteiger charge is -2.29. The highest BCUT2D eigenvalue weighted by molar-refractivity contribution is 9.10. The van der Waals surface area contributed by atoms with Crippen molar-refractivity contribution in [2.45, 2.75) is 17.7 Å². The molecule has 19 heavy (non-hydrogen) atoms. The lowest BCUT2D eigenvalue weighted by atomic mass is 10.0. The molecule has 2 rings (SSSR count). The first-order valence-electron chi connectivity index (χ1n) is 6.22. The number of nitrogens with one attached hydrogen (secondary N) is 1. The van der Waals surface area contributed by atoms with Crippen molar-refractivity contribution in [1.82, 2.24) is 5.43 Å². The molecule has 0 aromatic heterocycles. The second-order valence-electron chi connectivity index (χ2n) is 4.42. The highest BCUT2D eigenvalue weighted by atomic mass is 79.9. The summed E-state index contributed by atoms with van der Waals surface area (Å²) in [5, 5.41) is 0.571. The van der Waals surface area contributed by atoms with Gasteiger partial charge in [0.25, 0.3) is 0 Å². The van der Waals surface area contributed by atoms with Crippen molar-refractivity contribution < 1.29 is 4.74 Å². The molecule has 1 saturated heterocycles. The molecule has 0 spiro atoms. The number of ether oxygens (including phenoxy) is 1. The number of methoxy groups -OCH3 is 1. The van der Waals surface area contributed by atoms with E-state index >= 15 is 0 Å². The molecule has 0 bridgehead atoms. The van der Waals surface area contributed by atoms with Gasteiger partial charge in [-0.2, -0.15) is 23.5 Å². The smallest absolute Gasteiger partial charge is 0.119 e. The molecule has 1 aromatic carbocycles. The summed E-state index contributed by atoms with van der Waals surface area (Å²) in [4.78, 5) is 0. The normalized spacial score (nSPS) is 21.1. The Morgan fingerprint density at radius 2 is 2.37 bits per heavy atom. The summed E-state index contributed by atoms with van der Waals surface area (Å²) < 4.78 is 6.40. The van der Waals surface area contributed by atoms with Gasteiger partial charge in [0.1, 0.15) is 5.75 Å². The molecule has 1 fully saturated rings. The van der Waals surface area contributed by atoms with Crippen LogP contribution in [-0.2, 0) is 6.42 Å². The molecule has 2 unspecified atom stereocenters. The zero-order valence-electron chi connectivity index (χ0n) is 10.9. The van der Waals surface area contributed by atoms with Gasteiger partial charge < -0.3 is 4.74 Å². The number of hydrazine groups is 1. The van der Waals surface area contributed by atoms with Crippen LogP contribution >= 0.6 is 39.5 Å². The van der Waals surface area contributed by atoms with Gasteiger partial charge in [0.15, 0.2) is 0 Å². The number of thioether (sulfide) groups is 2. The quantitative estimate of drug-likeness (QED) is 0.622. The van der Waals surface area contributed by atoms with Gasteiger partial charge >= 0.3 is 0 Å². The number of hydrogen-bond acceptors (Lipinski definition) is 5. The Hall–Kier alpha value is 0.120. The van der Waals surface area contributed by atoms with Crippen LogP contribution in [0, 0.1) is 0 Å². The van der Waals surface area contributed by atoms with Crippen molar-refractivity contribution in [1.29, 1.82) is 0 Å². The van der Waals surface area contributed by atoms with Crippen LogP contribution in [0.1, 0.15) is 5.56 Å². The first kappa shape index (κ1) is 15.5. The Balaban J connectivity index is 2.08. The van der Waals surface area contributed by atoms with Crippen molar-refractivity contribution in [3.63, 3.8) is 0 Å². The van der Waals surface area contributed by atoms with Gasteiger partial charge in [-0.3, -0.25) is 11.3 Å². The second-order valence-corrected chi connectivity index (χ2v) is 7.77. The monoisotopic (exact) mass is 362 g/mol. The minimum Gasteiger partial charge on any atom is -0.497 e. The molecule has 3 nitrogen and oxygen atoms in total. The Labute approximate surface area is 131 Å². The molecule has 106 valence electrons. The molecule has 0 radical (unpaired) electrons. The van der Waals surface area contributed by atoms with Gasteiger partial charge in [-0.25, -0.2) is 0 Å². The topological polar surface area (TPSA) is 47.3 Å². The number of hydrogen-bond donors (Lipinski definition) is 2. The van der Waals surface area contributed by atoms with E-state index in [0.717, 1.165) is 16.6 Å². The minimum absolute atomic E-state index is 0.293. The lowest BCUT2D eigenvalue weighted by molar-refractivity contribution is 0.413. The van der Waals surface area contributed by atoms with E-state index in [2.05, 4.69) is 27.4 Å². The van der Waals surface area contributed by atoms with Crippen molar-refractivity contribution in [3.05, 3.63) is 28.2 Å². The molecule has 1 aliphatic rings. The molecule has 0 saturated carbocycles. The summed E-state index contributed by atoms with van der Waals surface area (Å²) in [6.45, 7) is 0. The molecule has 1 heterocycles. The fraction of sp³-hybridized carbons (Fsp3) is 0.538. The van der Waals surface area contributed by atoms with Crippen LogP contribution in [0.2, 0.25) is 0 Å². The summed E-state index contributed by atoms with van der Waals surface area (Å²) in [7, 11) is 1.69. The molecular weight excluding hydrogens is 344 g/mol. The summed E-state index contributed by atoms with van der Waals surface area (Å²) in [6, 6.07) is 6.37. The van der Waals surface area contributed by atoms with Crippen LogP contribution in [-0.4, -0.2) is 35.7 Å². The van der Waals surface area contributed by atoms with Gasteiger partial charge in [-0.05, 0) is 30.2 Å². The highest BCUT2D eigenvalue weighted by Gasteiger charge is 2.24. The summed E-state index contributed by atoms with van der Waals surface area (Å²) in [5.74, 6) is 10.3. The van der Waals surface area contributed by atoms with Gasteiger partial charge in [0.2, 0.25) is 0 Å². The zero-order chi connectivity index (χ0) is 13.7. The molecule has 1 aliphatic heterocycles. The maximum Gasteiger partial charge on any atom is 0.119 e. The van der Waals surface area contributed by atoms with Crippen molar-refractivity contribution in [2.75, 3.05) is 24.4 Å². The van der Waals surface area contributed by atoms with Crippen LogP contribution in [0.3, 0.4) is 0 Å². The number of halogens is 1. The molecule has 0 amide bonds. The number of nitrogens with two attached hydrogens (primary N) is 1. The highest BCUT2D eigenvalue weighted by Crippen LogP contribution is 2.30. The Kier molecular flexibility index (Phi) is 6.35. The average molecular weight is 363 g/mol. The van der Waals surface area contributed by atoms with Crippen LogP contribution in [0.25, 0.3) is 0 Å². The third kappa shape index (κ3) is 4.29. The van der Waals surface area contributed by atoms with E-state index in [1.165, 1.54) is 22.8 Å². The molecular formula is C13H19BrN2OS2. The van der Waals surface area contributed by atoms with E-state index in [1.807, 2.05) is 35.7 Å². The average Bonchev–Trinajstić information content (AvgIpc) is 2.47. The summed E-state index contributed by atoms with van der Waals surface area (Å²) in [6.07, 6.45) is 0.909. The first-order valence-corrected chi connectivity index (χ1v) is 9.22. The molecule has 0 aliphatic carbocycles. The van der Waals surface area contributed by atoms with Crippen molar-refractivity contribution in [2.24, 2.45) is 5.84 Å². The van der Waals surface area contributed by atoms with Crippen LogP contribution in [0.15, 0.2) is 22.7 Å². The Bertz CT molecular complexity index is 414. The third-order valence-corrected chi connectivity index (χ3v) is 6.89. The molecule has 1 aromatic rings. The maximum atomic E-state index is 5.75. The summed E-state index contributed by atoms with van der Waals surface area (Å²) >= 11 is 7.64. The fourth-order valence-corrected chi connectivity index (χ4v) is 5.39. The Morgan fingerprint density at radius 1 is 1.53 bits per heavy atom.